The first kappa shape index (κ1) is 27.3. The Balaban J connectivity index is 1.48. The Hall–Kier alpha value is -3.76. The standard InChI is InChI=1S/C27H36N6O5/c1-5-37-26(36)25-31-30-20(38-25)15-28-24(35)22(27(2,3)4)29-23(34)21-18-13-9-10-14-19(18)33(32-21)16-17-11-7-6-8-12-17/h9-10,13-14,17,22H,5-8,11-12,15-16H2,1-4H3,(H,28,35)(H,29,34)/t22-/m1/s1. The van der Waals surface area contributed by atoms with Crippen LogP contribution in [-0.2, 0) is 22.6 Å². The summed E-state index contributed by atoms with van der Waals surface area (Å²) in [4.78, 5) is 38.4. The molecule has 11 nitrogen and oxygen atoms in total. The Morgan fingerprint density at radius 1 is 1.13 bits per heavy atom. The van der Waals surface area contributed by atoms with Crippen LogP contribution in [0.5, 0.6) is 0 Å². The highest BCUT2D eigenvalue weighted by molar-refractivity contribution is 6.06. The van der Waals surface area contributed by atoms with E-state index in [0.717, 1.165) is 17.4 Å². The van der Waals surface area contributed by atoms with Crippen LogP contribution < -0.4 is 10.6 Å². The zero-order chi connectivity index (χ0) is 27.3. The molecule has 1 atom stereocenters. The molecule has 0 aliphatic heterocycles. The molecule has 38 heavy (non-hydrogen) atoms. The van der Waals surface area contributed by atoms with E-state index < -0.39 is 29.2 Å². The number of benzene rings is 1. The van der Waals surface area contributed by atoms with Crippen LogP contribution >= 0.6 is 0 Å². The average Bonchev–Trinajstić information content (AvgIpc) is 3.51. The zero-order valence-electron chi connectivity index (χ0n) is 22.5. The number of rotatable bonds is 9. The van der Waals surface area contributed by atoms with Gasteiger partial charge in [0.2, 0.25) is 11.8 Å². The third-order valence-electron chi connectivity index (χ3n) is 6.76. The van der Waals surface area contributed by atoms with Gasteiger partial charge in [-0.15, -0.1) is 10.2 Å². The van der Waals surface area contributed by atoms with Gasteiger partial charge in [0.05, 0.1) is 18.7 Å². The van der Waals surface area contributed by atoms with Crippen LogP contribution in [0.2, 0.25) is 0 Å². The Morgan fingerprint density at radius 3 is 2.58 bits per heavy atom. The number of fused-ring (bicyclic) bond motifs is 1. The maximum absolute atomic E-state index is 13.5. The Labute approximate surface area is 221 Å². The van der Waals surface area contributed by atoms with Crippen LogP contribution in [0.1, 0.15) is 86.9 Å². The number of carbonyl (C=O) groups is 3. The molecule has 0 saturated heterocycles. The minimum Gasteiger partial charge on any atom is -0.459 e. The van der Waals surface area contributed by atoms with Gasteiger partial charge in [0, 0.05) is 11.9 Å². The van der Waals surface area contributed by atoms with Gasteiger partial charge in [-0.1, -0.05) is 58.2 Å². The molecule has 1 aliphatic rings. The molecule has 4 rings (SSSR count). The topological polar surface area (TPSA) is 141 Å². The molecule has 2 aromatic heterocycles. The summed E-state index contributed by atoms with van der Waals surface area (Å²) in [5.41, 5.74) is 0.605. The molecule has 1 saturated carbocycles. The van der Waals surface area contributed by atoms with E-state index in [1.807, 2.05) is 49.7 Å². The molecule has 0 spiro atoms. The van der Waals surface area contributed by atoms with Crippen molar-refractivity contribution in [2.45, 2.75) is 78.9 Å². The van der Waals surface area contributed by atoms with Crippen molar-refractivity contribution in [1.29, 1.82) is 0 Å². The summed E-state index contributed by atoms with van der Waals surface area (Å²) in [7, 11) is 0. The van der Waals surface area contributed by atoms with Gasteiger partial charge in [-0.25, -0.2) is 4.79 Å². The second-order valence-electron chi connectivity index (χ2n) is 10.8. The van der Waals surface area contributed by atoms with Crippen molar-refractivity contribution < 1.29 is 23.5 Å². The van der Waals surface area contributed by atoms with Crippen molar-refractivity contribution in [2.24, 2.45) is 11.3 Å². The van der Waals surface area contributed by atoms with Crippen molar-refractivity contribution in [3.05, 3.63) is 41.7 Å². The zero-order valence-corrected chi connectivity index (χ0v) is 22.5. The summed E-state index contributed by atoms with van der Waals surface area (Å²) in [5, 5.41) is 18.5. The van der Waals surface area contributed by atoms with E-state index in [1.54, 1.807) is 6.92 Å². The van der Waals surface area contributed by atoms with Crippen molar-refractivity contribution >= 4 is 28.7 Å². The number of ether oxygens (including phenoxy) is 1. The molecule has 204 valence electrons. The Bertz CT molecular complexity index is 1280. The highest BCUT2D eigenvalue weighted by Crippen LogP contribution is 2.28. The van der Waals surface area contributed by atoms with Crippen LogP contribution in [0.4, 0.5) is 0 Å². The monoisotopic (exact) mass is 524 g/mol. The highest BCUT2D eigenvalue weighted by atomic mass is 16.5. The summed E-state index contributed by atoms with van der Waals surface area (Å²) in [6.07, 6.45) is 6.08. The fourth-order valence-electron chi connectivity index (χ4n) is 4.79. The maximum Gasteiger partial charge on any atom is 0.396 e. The van der Waals surface area contributed by atoms with Crippen molar-refractivity contribution in [1.82, 2.24) is 30.6 Å². The van der Waals surface area contributed by atoms with Gasteiger partial charge >= 0.3 is 11.9 Å². The molecular formula is C27H36N6O5. The van der Waals surface area contributed by atoms with E-state index in [9.17, 15) is 14.4 Å². The van der Waals surface area contributed by atoms with Gasteiger partial charge in [-0.05, 0) is 37.2 Å². The normalized spacial score (nSPS) is 15.3. The van der Waals surface area contributed by atoms with Crippen LogP contribution in [0.3, 0.4) is 0 Å². The average molecular weight is 525 g/mol. The third kappa shape index (κ3) is 6.38. The highest BCUT2D eigenvalue weighted by Gasteiger charge is 2.34. The van der Waals surface area contributed by atoms with E-state index in [2.05, 4.69) is 20.8 Å². The summed E-state index contributed by atoms with van der Waals surface area (Å²) in [6.45, 7) is 8.10. The fraction of sp³-hybridized carbons (Fsp3) is 0.556. The predicted molar refractivity (Wildman–Crippen MR) is 139 cm³/mol. The Morgan fingerprint density at radius 2 is 1.87 bits per heavy atom. The minimum atomic E-state index is -0.871. The molecule has 2 N–H and O–H groups in total. The van der Waals surface area contributed by atoms with Crippen molar-refractivity contribution in [2.75, 3.05) is 6.61 Å². The van der Waals surface area contributed by atoms with Gasteiger partial charge in [0.25, 0.3) is 5.91 Å². The molecule has 0 radical (unpaired) electrons. The lowest BCUT2D eigenvalue weighted by molar-refractivity contribution is -0.125. The molecule has 0 unspecified atom stereocenters. The van der Waals surface area contributed by atoms with Crippen molar-refractivity contribution in [3.63, 3.8) is 0 Å². The lowest BCUT2D eigenvalue weighted by Gasteiger charge is -2.30. The molecule has 1 aliphatic carbocycles. The number of amides is 2. The number of aromatic nitrogens is 4. The lowest BCUT2D eigenvalue weighted by Crippen LogP contribution is -2.53. The SMILES string of the molecule is CCOC(=O)c1nnc(CNC(=O)[C@@H](NC(=O)c2nn(CC3CCCCC3)c3ccccc23)C(C)(C)C)o1. The van der Waals surface area contributed by atoms with Crippen LogP contribution in [0.25, 0.3) is 10.9 Å². The van der Waals surface area contributed by atoms with Gasteiger partial charge in [0.15, 0.2) is 5.69 Å². The largest absolute Gasteiger partial charge is 0.459 e. The minimum absolute atomic E-state index is 0.0489. The third-order valence-corrected chi connectivity index (χ3v) is 6.76. The smallest absolute Gasteiger partial charge is 0.396 e. The first-order chi connectivity index (χ1) is 18.2. The number of carbonyl (C=O) groups excluding carboxylic acids is 3. The molecule has 2 amide bonds. The van der Waals surface area contributed by atoms with Gasteiger partial charge < -0.3 is 19.8 Å². The second-order valence-corrected chi connectivity index (χ2v) is 10.8. The van der Waals surface area contributed by atoms with E-state index in [4.69, 9.17) is 14.3 Å². The summed E-state index contributed by atoms with van der Waals surface area (Å²) < 4.78 is 12.0. The number of hydrogen-bond acceptors (Lipinski definition) is 8. The first-order valence-electron chi connectivity index (χ1n) is 13.2. The summed E-state index contributed by atoms with van der Waals surface area (Å²) >= 11 is 0. The number of para-hydroxylation sites is 1. The number of esters is 1. The van der Waals surface area contributed by atoms with Crippen molar-refractivity contribution in [3.8, 4) is 0 Å². The van der Waals surface area contributed by atoms with Crippen LogP contribution in [-0.4, -0.2) is 50.4 Å². The molecule has 3 aromatic rings. The quantitative estimate of drug-likeness (QED) is 0.404. The van der Waals surface area contributed by atoms with E-state index in [1.165, 1.54) is 32.1 Å². The van der Waals surface area contributed by atoms with Gasteiger partial charge in [0.1, 0.15) is 6.04 Å². The van der Waals surface area contributed by atoms with Gasteiger partial charge in [-0.2, -0.15) is 5.10 Å². The molecule has 11 heteroatoms. The van der Waals surface area contributed by atoms with Crippen LogP contribution in [0.15, 0.2) is 28.7 Å². The molecule has 1 aromatic carbocycles. The predicted octanol–water partition coefficient (Wildman–Crippen LogP) is 3.64. The molecular weight excluding hydrogens is 488 g/mol. The van der Waals surface area contributed by atoms with Crippen LogP contribution in [0, 0.1) is 11.3 Å². The van der Waals surface area contributed by atoms with E-state index in [-0.39, 0.29) is 24.9 Å². The number of nitrogens with zero attached hydrogens (tertiary/aromatic N) is 4. The Kier molecular flexibility index (Phi) is 8.43. The lowest BCUT2D eigenvalue weighted by atomic mass is 9.86. The summed E-state index contributed by atoms with van der Waals surface area (Å²) in [6, 6.07) is 6.82. The molecule has 0 bridgehead atoms. The van der Waals surface area contributed by atoms with E-state index >= 15 is 0 Å². The maximum atomic E-state index is 13.5. The van der Waals surface area contributed by atoms with Gasteiger partial charge in [-0.3, -0.25) is 14.3 Å². The number of hydrogen-bond donors (Lipinski definition) is 2. The fourth-order valence-corrected chi connectivity index (χ4v) is 4.79. The number of nitrogens with one attached hydrogen (secondary N) is 2. The van der Waals surface area contributed by atoms with E-state index in [0.29, 0.717) is 11.6 Å². The second kappa shape index (κ2) is 11.7. The summed E-state index contributed by atoms with van der Waals surface area (Å²) in [5.74, 6) is -1.26. The molecule has 1 fully saturated rings. The first-order valence-corrected chi connectivity index (χ1v) is 13.2. The molecule has 2 heterocycles.